The number of benzene rings is 1. The van der Waals surface area contributed by atoms with Crippen molar-refractivity contribution in [2.75, 3.05) is 27.2 Å². The fourth-order valence-corrected chi connectivity index (χ4v) is 2.53. The van der Waals surface area contributed by atoms with Gasteiger partial charge in [0.15, 0.2) is 0 Å². The first kappa shape index (κ1) is 16.0. The molecule has 2 rings (SSSR count). The van der Waals surface area contributed by atoms with Crippen molar-refractivity contribution in [3.05, 3.63) is 29.6 Å². The number of likely N-dealkylation sites (N-methyl/N-ethyl adjacent to an activating group) is 1. The Balaban J connectivity index is 2.39. The van der Waals surface area contributed by atoms with Gasteiger partial charge in [0, 0.05) is 26.1 Å². The third kappa shape index (κ3) is 3.83. The van der Waals surface area contributed by atoms with E-state index in [9.17, 15) is 0 Å². The molecule has 0 fully saturated rings. The van der Waals surface area contributed by atoms with Crippen LogP contribution in [0.2, 0.25) is 0 Å². The molecule has 0 aliphatic heterocycles. The molecule has 116 valence electrons. The number of rotatable bonds is 7. The minimum absolute atomic E-state index is 0.216. The molecule has 0 aliphatic carbocycles. The summed E-state index contributed by atoms with van der Waals surface area (Å²) in [6, 6.07) is 6.60. The standard InChI is InChI=1S/C17H27N3O/c1-13(2)14-7-8-16-15(12-14)18-17(6-5-11-21)20(16)10-9-19(3)4/h7-8,12-13,21H,5-6,9-11H2,1-4H3. The van der Waals surface area contributed by atoms with Crippen molar-refractivity contribution in [3.8, 4) is 0 Å². The summed E-state index contributed by atoms with van der Waals surface area (Å²) in [5.41, 5.74) is 3.61. The van der Waals surface area contributed by atoms with E-state index in [0.29, 0.717) is 5.92 Å². The first-order chi connectivity index (χ1) is 10.0. The number of fused-ring (bicyclic) bond motifs is 1. The summed E-state index contributed by atoms with van der Waals surface area (Å²) in [7, 11) is 4.17. The number of imidazole rings is 1. The van der Waals surface area contributed by atoms with Gasteiger partial charge in [-0.05, 0) is 44.1 Å². The molecule has 1 aromatic carbocycles. The highest BCUT2D eigenvalue weighted by Crippen LogP contribution is 2.23. The molecule has 0 atom stereocenters. The van der Waals surface area contributed by atoms with Crippen LogP contribution < -0.4 is 0 Å². The van der Waals surface area contributed by atoms with E-state index in [1.165, 1.54) is 11.1 Å². The van der Waals surface area contributed by atoms with E-state index >= 15 is 0 Å². The second-order valence-electron chi connectivity index (χ2n) is 6.21. The Morgan fingerprint density at radius 1 is 1.29 bits per heavy atom. The molecule has 1 heterocycles. The monoisotopic (exact) mass is 289 g/mol. The predicted octanol–water partition coefficient (Wildman–Crippen LogP) is 2.65. The summed E-state index contributed by atoms with van der Waals surface area (Å²) in [6.45, 7) is 6.55. The van der Waals surface area contributed by atoms with Crippen LogP contribution >= 0.6 is 0 Å². The number of hydrogen-bond acceptors (Lipinski definition) is 3. The second-order valence-corrected chi connectivity index (χ2v) is 6.21. The third-order valence-electron chi connectivity index (χ3n) is 3.85. The normalized spacial score (nSPS) is 12.0. The van der Waals surface area contributed by atoms with Crippen LogP contribution in [-0.4, -0.2) is 46.8 Å². The largest absolute Gasteiger partial charge is 0.396 e. The quantitative estimate of drug-likeness (QED) is 0.852. The van der Waals surface area contributed by atoms with Crippen molar-refractivity contribution in [3.63, 3.8) is 0 Å². The molecule has 0 radical (unpaired) electrons. The second kappa shape index (κ2) is 7.05. The number of aromatic nitrogens is 2. The summed E-state index contributed by atoms with van der Waals surface area (Å²) in [5, 5.41) is 9.08. The number of aliphatic hydroxyl groups excluding tert-OH is 1. The summed E-state index contributed by atoms with van der Waals surface area (Å²) >= 11 is 0. The van der Waals surface area contributed by atoms with E-state index in [0.717, 1.165) is 37.3 Å². The lowest BCUT2D eigenvalue weighted by Crippen LogP contribution is -2.19. The van der Waals surface area contributed by atoms with Crippen LogP contribution in [0.3, 0.4) is 0 Å². The van der Waals surface area contributed by atoms with Gasteiger partial charge in [0.1, 0.15) is 5.82 Å². The molecular formula is C17H27N3O. The molecule has 0 unspecified atom stereocenters. The smallest absolute Gasteiger partial charge is 0.109 e. The van der Waals surface area contributed by atoms with Gasteiger partial charge in [-0.1, -0.05) is 19.9 Å². The molecule has 1 N–H and O–H groups in total. The fourth-order valence-electron chi connectivity index (χ4n) is 2.53. The zero-order valence-electron chi connectivity index (χ0n) is 13.6. The van der Waals surface area contributed by atoms with Crippen molar-refractivity contribution >= 4 is 11.0 Å². The summed E-state index contributed by atoms with van der Waals surface area (Å²) in [6.07, 6.45) is 1.60. The first-order valence-corrected chi connectivity index (χ1v) is 7.77. The van der Waals surface area contributed by atoms with E-state index < -0.39 is 0 Å². The number of hydrogen-bond donors (Lipinski definition) is 1. The Morgan fingerprint density at radius 2 is 2.05 bits per heavy atom. The molecule has 0 saturated carbocycles. The molecule has 2 aromatic rings. The van der Waals surface area contributed by atoms with Crippen molar-refractivity contribution in [1.82, 2.24) is 14.5 Å². The Bertz CT molecular complexity index is 587. The Morgan fingerprint density at radius 3 is 2.67 bits per heavy atom. The van der Waals surface area contributed by atoms with Crippen LogP contribution in [0.25, 0.3) is 11.0 Å². The summed E-state index contributed by atoms with van der Waals surface area (Å²) in [4.78, 5) is 6.99. The first-order valence-electron chi connectivity index (χ1n) is 7.77. The maximum absolute atomic E-state index is 9.08. The van der Waals surface area contributed by atoms with E-state index in [-0.39, 0.29) is 6.61 Å². The highest BCUT2D eigenvalue weighted by Gasteiger charge is 2.12. The van der Waals surface area contributed by atoms with Crippen LogP contribution in [0.5, 0.6) is 0 Å². The van der Waals surface area contributed by atoms with E-state index in [1.807, 2.05) is 0 Å². The Kier molecular flexibility index (Phi) is 5.37. The molecule has 4 heteroatoms. The molecular weight excluding hydrogens is 262 g/mol. The van der Waals surface area contributed by atoms with Gasteiger partial charge in [0.25, 0.3) is 0 Å². The van der Waals surface area contributed by atoms with Gasteiger partial charge in [0.05, 0.1) is 11.0 Å². The fraction of sp³-hybridized carbons (Fsp3) is 0.588. The molecule has 0 saturated heterocycles. The zero-order valence-corrected chi connectivity index (χ0v) is 13.6. The van der Waals surface area contributed by atoms with Gasteiger partial charge >= 0.3 is 0 Å². The highest BCUT2D eigenvalue weighted by molar-refractivity contribution is 5.77. The third-order valence-corrected chi connectivity index (χ3v) is 3.85. The minimum atomic E-state index is 0.216. The lowest BCUT2D eigenvalue weighted by Gasteiger charge is -2.13. The predicted molar refractivity (Wildman–Crippen MR) is 87.8 cm³/mol. The van der Waals surface area contributed by atoms with E-state index in [2.05, 4.69) is 55.6 Å². The highest BCUT2D eigenvalue weighted by atomic mass is 16.2. The van der Waals surface area contributed by atoms with Gasteiger partial charge in [-0.25, -0.2) is 4.98 Å². The minimum Gasteiger partial charge on any atom is -0.396 e. The van der Waals surface area contributed by atoms with Crippen LogP contribution in [-0.2, 0) is 13.0 Å². The molecule has 0 amide bonds. The number of nitrogens with zero attached hydrogens (tertiary/aromatic N) is 3. The van der Waals surface area contributed by atoms with Crippen molar-refractivity contribution in [1.29, 1.82) is 0 Å². The van der Waals surface area contributed by atoms with Crippen LogP contribution in [0.4, 0.5) is 0 Å². The lowest BCUT2D eigenvalue weighted by molar-refractivity contribution is 0.286. The van der Waals surface area contributed by atoms with E-state index in [4.69, 9.17) is 10.1 Å². The molecule has 4 nitrogen and oxygen atoms in total. The van der Waals surface area contributed by atoms with Gasteiger partial charge in [-0.3, -0.25) is 0 Å². The Labute approximate surface area is 127 Å². The zero-order chi connectivity index (χ0) is 15.4. The van der Waals surface area contributed by atoms with Gasteiger partial charge < -0.3 is 14.6 Å². The van der Waals surface area contributed by atoms with Crippen molar-refractivity contribution in [2.24, 2.45) is 0 Å². The summed E-state index contributed by atoms with van der Waals surface area (Å²) < 4.78 is 2.30. The van der Waals surface area contributed by atoms with Gasteiger partial charge in [-0.2, -0.15) is 0 Å². The maximum Gasteiger partial charge on any atom is 0.109 e. The summed E-state index contributed by atoms with van der Waals surface area (Å²) in [5.74, 6) is 1.60. The average Bonchev–Trinajstić information content (AvgIpc) is 2.79. The molecule has 0 bridgehead atoms. The van der Waals surface area contributed by atoms with Crippen molar-refractivity contribution < 1.29 is 5.11 Å². The van der Waals surface area contributed by atoms with Gasteiger partial charge in [-0.15, -0.1) is 0 Å². The topological polar surface area (TPSA) is 41.3 Å². The number of aliphatic hydroxyl groups is 1. The lowest BCUT2D eigenvalue weighted by atomic mass is 10.0. The van der Waals surface area contributed by atoms with Crippen molar-refractivity contribution in [2.45, 2.75) is 39.2 Å². The van der Waals surface area contributed by atoms with Gasteiger partial charge in [0.2, 0.25) is 0 Å². The molecule has 0 spiro atoms. The molecule has 0 aliphatic rings. The average molecular weight is 289 g/mol. The van der Waals surface area contributed by atoms with Crippen LogP contribution in [0, 0.1) is 0 Å². The van der Waals surface area contributed by atoms with Crippen LogP contribution in [0.1, 0.15) is 37.6 Å². The Hall–Kier alpha value is -1.39. The maximum atomic E-state index is 9.08. The SMILES string of the molecule is CC(C)c1ccc2c(c1)nc(CCCO)n2CCN(C)C. The van der Waals surface area contributed by atoms with Crippen LogP contribution in [0.15, 0.2) is 18.2 Å². The molecule has 1 aromatic heterocycles. The molecule has 21 heavy (non-hydrogen) atoms. The number of aryl methyl sites for hydroxylation is 1. The van der Waals surface area contributed by atoms with E-state index in [1.54, 1.807) is 0 Å².